The molecule has 0 aliphatic carbocycles. The lowest BCUT2D eigenvalue weighted by Crippen LogP contribution is -2.34. The van der Waals surface area contributed by atoms with E-state index >= 15 is 0 Å². The van der Waals surface area contributed by atoms with Gasteiger partial charge in [0.25, 0.3) is 0 Å². The Morgan fingerprint density at radius 1 is 1.12 bits per heavy atom. The van der Waals surface area contributed by atoms with E-state index in [1.54, 1.807) is 0 Å². The van der Waals surface area contributed by atoms with Crippen LogP contribution in [0.4, 0.5) is 0 Å². The van der Waals surface area contributed by atoms with Crippen LogP contribution in [0.3, 0.4) is 0 Å². The Morgan fingerprint density at radius 3 is 2.12 bits per heavy atom. The van der Waals surface area contributed by atoms with E-state index in [0.29, 0.717) is 12.5 Å². The van der Waals surface area contributed by atoms with Gasteiger partial charge in [-0.3, -0.25) is 0 Å². The van der Waals surface area contributed by atoms with Crippen molar-refractivity contribution < 1.29 is 8.42 Å². The van der Waals surface area contributed by atoms with Crippen molar-refractivity contribution in [2.75, 3.05) is 18.8 Å². The van der Waals surface area contributed by atoms with Gasteiger partial charge in [-0.15, -0.1) is 0 Å². The van der Waals surface area contributed by atoms with Crippen LogP contribution in [-0.2, 0) is 10.0 Å². The second-order valence-electron chi connectivity index (χ2n) is 4.56. The first kappa shape index (κ1) is 15.9. The number of nitrogens with two attached hydrogens (primary N) is 1. The van der Waals surface area contributed by atoms with Crippen LogP contribution >= 0.6 is 0 Å². The molecule has 0 fully saturated rings. The van der Waals surface area contributed by atoms with Gasteiger partial charge < -0.3 is 4.90 Å². The summed E-state index contributed by atoms with van der Waals surface area (Å²) in [6.07, 6.45) is 4.26. The second-order valence-corrected chi connectivity index (χ2v) is 6.29. The molecule has 0 aliphatic heterocycles. The molecule has 0 spiro atoms. The number of primary sulfonamides is 1. The second kappa shape index (κ2) is 8.03. The third-order valence-corrected chi connectivity index (χ3v) is 3.51. The summed E-state index contributed by atoms with van der Waals surface area (Å²) in [4.78, 5) is 2.32. The Balaban J connectivity index is 3.85. The van der Waals surface area contributed by atoms with Gasteiger partial charge in [0.2, 0.25) is 10.0 Å². The van der Waals surface area contributed by atoms with Gasteiger partial charge in [-0.2, -0.15) is 0 Å². The van der Waals surface area contributed by atoms with Gasteiger partial charge in [-0.25, -0.2) is 13.6 Å². The molecule has 0 aromatic carbocycles. The number of hydrogen-bond acceptors (Lipinski definition) is 3. The zero-order chi connectivity index (χ0) is 12.6. The Kier molecular flexibility index (Phi) is 7.97. The summed E-state index contributed by atoms with van der Waals surface area (Å²) in [5.74, 6) is 0.0873. The van der Waals surface area contributed by atoms with Crippen molar-refractivity contribution in [1.82, 2.24) is 4.90 Å². The first-order chi connectivity index (χ1) is 7.37. The normalized spacial score (nSPS) is 12.6. The molecule has 16 heavy (non-hydrogen) atoms. The van der Waals surface area contributed by atoms with Gasteiger partial charge in [-0.05, 0) is 39.8 Å². The van der Waals surface area contributed by atoms with Crippen LogP contribution in [-0.4, -0.2) is 38.2 Å². The molecular weight excluding hydrogens is 224 g/mol. The Labute approximate surface area is 100 Å². The number of rotatable bonds is 9. The summed E-state index contributed by atoms with van der Waals surface area (Å²) in [6, 6.07) is 0.470. The van der Waals surface area contributed by atoms with Crippen molar-refractivity contribution in [3.8, 4) is 0 Å². The van der Waals surface area contributed by atoms with E-state index in [9.17, 15) is 8.42 Å². The first-order valence-electron chi connectivity index (χ1n) is 6.11. The zero-order valence-electron chi connectivity index (χ0n) is 10.8. The fourth-order valence-corrected chi connectivity index (χ4v) is 2.19. The number of sulfonamides is 1. The van der Waals surface area contributed by atoms with Crippen molar-refractivity contribution in [3.63, 3.8) is 0 Å². The van der Waals surface area contributed by atoms with Crippen LogP contribution in [0, 0.1) is 0 Å². The van der Waals surface area contributed by atoms with Crippen molar-refractivity contribution >= 4 is 10.0 Å². The van der Waals surface area contributed by atoms with Crippen LogP contribution in [0.5, 0.6) is 0 Å². The number of hydrogen-bond donors (Lipinski definition) is 1. The van der Waals surface area contributed by atoms with Crippen LogP contribution in [0.1, 0.15) is 46.5 Å². The zero-order valence-corrected chi connectivity index (χ0v) is 11.6. The Bertz CT molecular complexity index is 263. The van der Waals surface area contributed by atoms with E-state index in [-0.39, 0.29) is 5.75 Å². The van der Waals surface area contributed by atoms with Crippen molar-refractivity contribution in [3.05, 3.63) is 0 Å². The molecule has 0 aromatic rings. The molecule has 0 atom stereocenters. The van der Waals surface area contributed by atoms with E-state index in [4.69, 9.17) is 5.14 Å². The number of nitrogens with zero attached hydrogens (tertiary/aromatic N) is 1. The smallest absolute Gasteiger partial charge is 0.209 e. The largest absolute Gasteiger partial charge is 0.301 e. The molecule has 0 unspecified atom stereocenters. The highest BCUT2D eigenvalue weighted by molar-refractivity contribution is 7.89. The molecule has 98 valence electrons. The highest BCUT2D eigenvalue weighted by atomic mass is 32.2. The van der Waals surface area contributed by atoms with Crippen molar-refractivity contribution in [1.29, 1.82) is 0 Å². The van der Waals surface area contributed by atoms with Gasteiger partial charge >= 0.3 is 0 Å². The molecule has 5 heteroatoms. The summed E-state index contributed by atoms with van der Waals surface area (Å²) in [5.41, 5.74) is 0. The summed E-state index contributed by atoms with van der Waals surface area (Å²) in [7, 11) is -3.30. The maximum Gasteiger partial charge on any atom is 0.209 e. The third-order valence-electron chi connectivity index (χ3n) is 2.65. The van der Waals surface area contributed by atoms with E-state index < -0.39 is 10.0 Å². The van der Waals surface area contributed by atoms with E-state index in [1.165, 1.54) is 19.3 Å². The Hall–Kier alpha value is -0.130. The van der Waals surface area contributed by atoms with E-state index in [2.05, 4.69) is 25.7 Å². The molecule has 0 saturated heterocycles. The van der Waals surface area contributed by atoms with Gasteiger partial charge in [0, 0.05) is 6.04 Å². The monoisotopic (exact) mass is 250 g/mol. The highest BCUT2D eigenvalue weighted by Crippen LogP contribution is 2.04. The molecule has 0 heterocycles. The predicted octanol–water partition coefficient (Wildman–Crippen LogP) is 1.57. The summed E-state index contributed by atoms with van der Waals surface area (Å²) in [6.45, 7) is 8.33. The molecule has 0 aliphatic rings. The van der Waals surface area contributed by atoms with E-state index in [1.807, 2.05) is 0 Å². The quantitative estimate of drug-likeness (QED) is 0.632. The lowest BCUT2D eigenvalue weighted by atomic mass is 10.2. The lowest BCUT2D eigenvalue weighted by molar-refractivity contribution is 0.218. The highest BCUT2D eigenvalue weighted by Gasteiger charge is 2.10. The summed E-state index contributed by atoms with van der Waals surface area (Å²) >= 11 is 0. The minimum atomic E-state index is -3.30. The predicted molar refractivity (Wildman–Crippen MR) is 68.8 cm³/mol. The van der Waals surface area contributed by atoms with Gasteiger partial charge in [0.05, 0.1) is 5.75 Å². The topological polar surface area (TPSA) is 63.4 Å². The molecule has 0 aromatic heterocycles. The Morgan fingerprint density at radius 2 is 1.69 bits per heavy atom. The maximum atomic E-state index is 10.8. The summed E-state index contributed by atoms with van der Waals surface area (Å²) < 4.78 is 21.6. The third kappa shape index (κ3) is 9.12. The average Bonchev–Trinajstić information content (AvgIpc) is 2.13. The SMILES string of the molecule is CCCCCN(CCCS(N)(=O)=O)C(C)C. The standard InChI is InChI=1S/C11H26N2O2S/c1-4-5-6-8-13(11(2)3)9-7-10-16(12,14)15/h11H,4-10H2,1-3H3,(H2,12,14,15). The molecule has 0 radical (unpaired) electrons. The number of unbranched alkanes of at least 4 members (excludes halogenated alkanes) is 2. The molecule has 0 saturated carbocycles. The fourth-order valence-electron chi connectivity index (χ4n) is 1.66. The molecule has 0 rings (SSSR count). The van der Waals surface area contributed by atoms with Crippen LogP contribution in [0.25, 0.3) is 0 Å². The maximum absolute atomic E-state index is 10.8. The van der Waals surface area contributed by atoms with Gasteiger partial charge in [0.15, 0.2) is 0 Å². The molecule has 4 nitrogen and oxygen atoms in total. The van der Waals surface area contributed by atoms with Crippen molar-refractivity contribution in [2.24, 2.45) is 5.14 Å². The molecular formula is C11H26N2O2S. The van der Waals surface area contributed by atoms with Crippen LogP contribution in [0.2, 0.25) is 0 Å². The van der Waals surface area contributed by atoms with Crippen molar-refractivity contribution in [2.45, 2.75) is 52.5 Å². The average molecular weight is 250 g/mol. The minimum Gasteiger partial charge on any atom is -0.301 e. The van der Waals surface area contributed by atoms with Gasteiger partial charge in [-0.1, -0.05) is 19.8 Å². The minimum absolute atomic E-state index is 0.0873. The lowest BCUT2D eigenvalue weighted by Gasteiger charge is -2.26. The van der Waals surface area contributed by atoms with Gasteiger partial charge in [0.1, 0.15) is 0 Å². The molecule has 0 amide bonds. The van der Waals surface area contributed by atoms with Crippen LogP contribution in [0.15, 0.2) is 0 Å². The summed E-state index contributed by atoms with van der Waals surface area (Å²) in [5, 5.41) is 4.97. The molecule has 0 bridgehead atoms. The van der Waals surface area contributed by atoms with E-state index in [0.717, 1.165) is 13.1 Å². The fraction of sp³-hybridized carbons (Fsp3) is 1.00. The van der Waals surface area contributed by atoms with Crippen LogP contribution < -0.4 is 5.14 Å². The first-order valence-corrected chi connectivity index (χ1v) is 7.83. The molecule has 2 N–H and O–H groups in total.